The Kier molecular flexibility index (Phi) is 6.53. The Bertz CT molecular complexity index is 1130. The summed E-state index contributed by atoms with van der Waals surface area (Å²) in [7, 11) is 0. The van der Waals surface area contributed by atoms with Gasteiger partial charge in [0.05, 0.1) is 18.7 Å². The van der Waals surface area contributed by atoms with E-state index in [4.69, 9.17) is 11.6 Å². The van der Waals surface area contributed by atoms with E-state index in [1.165, 1.54) is 24.3 Å². The molecular weight excluding hydrogens is 456 g/mol. The maximum Gasteiger partial charge on any atom is 0.573 e. The lowest BCUT2D eigenvalue weighted by molar-refractivity contribution is -0.274. The Morgan fingerprint density at radius 1 is 1.00 bits per heavy atom. The minimum Gasteiger partial charge on any atom is -0.406 e. The van der Waals surface area contributed by atoms with Gasteiger partial charge in [-0.15, -0.1) is 13.2 Å². The number of rotatable bonds is 6. The van der Waals surface area contributed by atoms with E-state index in [1.807, 2.05) is 0 Å². The summed E-state index contributed by atoms with van der Waals surface area (Å²) in [5.74, 6) is 4.66. The molecule has 2 aromatic carbocycles. The summed E-state index contributed by atoms with van der Waals surface area (Å²) >= 11 is 0. The molecule has 0 atom stereocenters. The zero-order valence-electron chi connectivity index (χ0n) is 16.7. The van der Waals surface area contributed by atoms with E-state index in [-0.39, 0.29) is 24.3 Å². The van der Waals surface area contributed by atoms with Crippen molar-refractivity contribution in [3.63, 3.8) is 0 Å². The largest absolute Gasteiger partial charge is 0.573 e. The topological polar surface area (TPSA) is 99.4 Å². The zero-order chi connectivity index (χ0) is 24.4. The van der Waals surface area contributed by atoms with Crippen LogP contribution in [0.2, 0.25) is 0 Å². The molecule has 0 spiro atoms. The molecule has 0 fully saturated rings. The molecule has 0 aliphatic rings. The van der Waals surface area contributed by atoms with Gasteiger partial charge in [-0.2, -0.15) is 18.3 Å². The van der Waals surface area contributed by atoms with E-state index < -0.39 is 29.9 Å². The number of nitrogens with two attached hydrogens (primary N) is 2. The first-order valence-corrected chi connectivity index (χ1v) is 9.26. The first-order chi connectivity index (χ1) is 15.3. The van der Waals surface area contributed by atoms with E-state index in [0.717, 1.165) is 34.1 Å². The highest BCUT2D eigenvalue weighted by Crippen LogP contribution is 2.29. The lowest BCUT2D eigenvalue weighted by Crippen LogP contribution is -2.40. The van der Waals surface area contributed by atoms with Crippen LogP contribution in [0.1, 0.15) is 16.1 Å². The van der Waals surface area contributed by atoms with E-state index in [0.29, 0.717) is 11.1 Å². The van der Waals surface area contributed by atoms with Crippen LogP contribution in [0.25, 0.3) is 11.1 Å². The Morgan fingerprint density at radius 3 is 2.21 bits per heavy atom. The number of hydrogen-bond acceptors (Lipinski definition) is 5. The van der Waals surface area contributed by atoms with Gasteiger partial charge in [-0.1, -0.05) is 18.2 Å². The molecule has 1 aromatic heterocycles. The van der Waals surface area contributed by atoms with Gasteiger partial charge in [0.25, 0.3) is 5.91 Å². The second-order valence-electron chi connectivity index (χ2n) is 6.83. The van der Waals surface area contributed by atoms with Crippen molar-refractivity contribution in [2.75, 3.05) is 12.3 Å². The number of ether oxygens (including phenoxy) is 1. The standard InChI is InChI=1S/C20H17F6N5O2/c21-19(22,23)17-7-8-30(29-17)9-10-31(28)18(32)15-11-13(3-6-16(15)27)12-1-4-14(5-2-12)33-20(24,25)26/h1-8,11H,9-10,27-28H2. The van der Waals surface area contributed by atoms with Crippen LogP contribution in [0.15, 0.2) is 54.7 Å². The van der Waals surface area contributed by atoms with Crippen LogP contribution in [-0.4, -0.2) is 33.6 Å². The van der Waals surface area contributed by atoms with Crippen LogP contribution >= 0.6 is 0 Å². The lowest BCUT2D eigenvalue weighted by Gasteiger charge is -2.18. The maximum atomic E-state index is 12.7. The Labute approximate surface area is 183 Å². The van der Waals surface area contributed by atoms with Gasteiger partial charge >= 0.3 is 12.5 Å². The first kappa shape index (κ1) is 23.9. The summed E-state index contributed by atoms with van der Waals surface area (Å²) in [5, 5.41) is 4.16. The average Bonchev–Trinajstić information content (AvgIpc) is 3.21. The number of nitrogens with zero attached hydrogens (tertiary/aromatic N) is 3. The number of aromatic nitrogens is 2. The van der Waals surface area contributed by atoms with Gasteiger partial charge in [-0.05, 0) is 41.5 Å². The average molecular weight is 473 g/mol. The van der Waals surface area contributed by atoms with Gasteiger partial charge < -0.3 is 10.5 Å². The van der Waals surface area contributed by atoms with Crippen molar-refractivity contribution in [2.45, 2.75) is 19.1 Å². The van der Waals surface area contributed by atoms with Crippen LogP contribution in [0.5, 0.6) is 5.75 Å². The van der Waals surface area contributed by atoms with Crippen LogP contribution in [0, 0.1) is 0 Å². The van der Waals surface area contributed by atoms with Gasteiger partial charge in [-0.25, -0.2) is 5.84 Å². The number of carbonyl (C=O) groups is 1. The van der Waals surface area contributed by atoms with Crippen LogP contribution < -0.4 is 16.3 Å². The molecule has 0 bridgehead atoms. The SMILES string of the molecule is Nc1ccc(-c2ccc(OC(F)(F)F)cc2)cc1C(=O)N(N)CCn1ccc(C(F)(F)F)n1. The summed E-state index contributed by atoms with van der Waals surface area (Å²) in [6, 6.07) is 10.2. The highest BCUT2D eigenvalue weighted by atomic mass is 19.4. The molecule has 4 N–H and O–H groups in total. The van der Waals surface area contributed by atoms with Gasteiger partial charge in [0, 0.05) is 11.9 Å². The molecule has 33 heavy (non-hydrogen) atoms. The van der Waals surface area contributed by atoms with Gasteiger partial charge in [0.1, 0.15) is 5.75 Å². The number of benzene rings is 2. The minimum atomic E-state index is -4.82. The number of carbonyl (C=O) groups excluding carboxylic acids is 1. The molecule has 0 radical (unpaired) electrons. The second kappa shape index (κ2) is 9.02. The van der Waals surface area contributed by atoms with Crippen molar-refractivity contribution in [3.8, 4) is 16.9 Å². The molecule has 3 aromatic rings. The Hall–Kier alpha value is -3.74. The van der Waals surface area contributed by atoms with E-state index in [9.17, 15) is 31.1 Å². The summed E-state index contributed by atoms with van der Waals surface area (Å²) in [6.45, 7) is -0.260. The number of amides is 1. The minimum absolute atomic E-state index is 0.0158. The number of halogens is 6. The number of hydrazine groups is 1. The molecule has 1 heterocycles. The molecule has 0 saturated carbocycles. The molecule has 0 aliphatic carbocycles. The fraction of sp³-hybridized carbons (Fsp3) is 0.200. The van der Waals surface area contributed by atoms with Crippen molar-refractivity contribution >= 4 is 11.6 Å². The number of hydrogen-bond donors (Lipinski definition) is 2. The summed E-state index contributed by atoms with van der Waals surface area (Å²) in [4.78, 5) is 12.7. The van der Waals surface area contributed by atoms with E-state index >= 15 is 0 Å². The Morgan fingerprint density at radius 2 is 1.64 bits per heavy atom. The normalized spacial score (nSPS) is 12.0. The third kappa shape index (κ3) is 6.16. The quantitative estimate of drug-likeness (QED) is 0.185. The lowest BCUT2D eigenvalue weighted by atomic mass is 10.0. The van der Waals surface area contributed by atoms with Crippen LogP contribution in [-0.2, 0) is 12.7 Å². The smallest absolute Gasteiger partial charge is 0.406 e. The van der Waals surface area contributed by atoms with E-state index in [2.05, 4.69) is 9.84 Å². The fourth-order valence-electron chi connectivity index (χ4n) is 2.87. The second-order valence-corrected chi connectivity index (χ2v) is 6.83. The van der Waals surface area contributed by atoms with Crippen molar-refractivity contribution in [3.05, 3.63) is 66.0 Å². The van der Waals surface area contributed by atoms with Gasteiger partial charge in [-0.3, -0.25) is 14.5 Å². The van der Waals surface area contributed by atoms with Crippen molar-refractivity contribution in [1.82, 2.24) is 14.8 Å². The first-order valence-electron chi connectivity index (χ1n) is 9.26. The fourth-order valence-corrected chi connectivity index (χ4v) is 2.87. The monoisotopic (exact) mass is 473 g/mol. The number of anilines is 1. The summed E-state index contributed by atoms with van der Waals surface area (Å²) < 4.78 is 79.6. The van der Waals surface area contributed by atoms with Gasteiger partial charge in [0.15, 0.2) is 5.69 Å². The molecule has 1 amide bonds. The third-order valence-electron chi connectivity index (χ3n) is 4.47. The van der Waals surface area contributed by atoms with Gasteiger partial charge in [0.2, 0.25) is 0 Å². The van der Waals surface area contributed by atoms with Crippen LogP contribution in [0.3, 0.4) is 0 Å². The third-order valence-corrected chi connectivity index (χ3v) is 4.47. The highest BCUT2D eigenvalue weighted by molar-refractivity contribution is 6.00. The summed E-state index contributed by atoms with van der Waals surface area (Å²) in [6.07, 6.45) is -8.30. The number of alkyl halides is 6. The van der Waals surface area contributed by atoms with Crippen molar-refractivity contribution < 1.29 is 35.9 Å². The molecule has 0 saturated heterocycles. The zero-order valence-corrected chi connectivity index (χ0v) is 16.7. The van der Waals surface area contributed by atoms with Crippen LogP contribution in [0.4, 0.5) is 32.0 Å². The molecule has 3 rings (SSSR count). The van der Waals surface area contributed by atoms with Crippen molar-refractivity contribution in [2.24, 2.45) is 5.84 Å². The molecule has 0 unspecified atom stereocenters. The molecular formula is C20H17F6N5O2. The van der Waals surface area contributed by atoms with Crippen molar-refractivity contribution in [1.29, 1.82) is 0 Å². The van der Waals surface area contributed by atoms with E-state index in [1.54, 1.807) is 6.07 Å². The Balaban J connectivity index is 1.71. The predicted octanol–water partition coefficient (Wildman–Crippen LogP) is 4.07. The highest BCUT2D eigenvalue weighted by Gasteiger charge is 2.33. The molecule has 0 aliphatic heterocycles. The number of nitrogen functional groups attached to an aromatic ring is 1. The summed E-state index contributed by atoms with van der Waals surface area (Å²) in [5.41, 5.74) is 5.87. The molecule has 7 nitrogen and oxygen atoms in total. The predicted molar refractivity (Wildman–Crippen MR) is 105 cm³/mol. The maximum absolute atomic E-state index is 12.7. The molecule has 13 heteroatoms. The molecule has 176 valence electrons.